The van der Waals surface area contributed by atoms with E-state index in [-0.39, 0.29) is 30.5 Å². The molecule has 3 aromatic rings. The van der Waals surface area contributed by atoms with Gasteiger partial charge in [0.2, 0.25) is 11.8 Å². The average Bonchev–Trinajstić information content (AvgIpc) is 3.22. The third-order valence-electron chi connectivity index (χ3n) is 6.34. The van der Waals surface area contributed by atoms with Gasteiger partial charge in [0.25, 0.3) is 5.69 Å². The summed E-state index contributed by atoms with van der Waals surface area (Å²) in [6.07, 6.45) is 0.0417. The molecule has 0 aromatic heterocycles. The summed E-state index contributed by atoms with van der Waals surface area (Å²) in [4.78, 5) is 37.7. The zero-order valence-corrected chi connectivity index (χ0v) is 20.8. The van der Waals surface area contributed by atoms with E-state index in [1.165, 1.54) is 11.0 Å². The molecule has 0 radical (unpaired) electrons. The second-order valence-electron chi connectivity index (χ2n) is 9.44. The maximum atomic E-state index is 12.9. The van der Waals surface area contributed by atoms with Crippen LogP contribution in [0.3, 0.4) is 0 Å². The van der Waals surface area contributed by atoms with Crippen LogP contribution in [0, 0.1) is 29.9 Å². The van der Waals surface area contributed by atoms with E-state index in [4.69, 9.17) is 4.74 Å². The standard InChI is InChI=1S/C28H29N3O5/c1-17(2)24-12-5-18(3)13-26(24)36-23-10-7-21(8-11-23)29-28(33)20-14-27(32)30(16-20)22-9-6-19(4)25(15-22)31(34)35/h5-13,15,17,20H,14,16H2,1-4H3,(H,29,33)/t20-/m0/s1. The molecule has 1 heterocycles. The minimum absolute atomic E-state index is 0.0417. The minimum atomic E-state index is -0.560. The van der Waals surface area contributed by atoms with Gasteiger partial charge in [-0.05, 0) is 67.3 Å². The van der Waals surface area contributed by atoms with Crippen molar-refractivity contribution in [2.75, 3.05) is 16.8 Å². The van der Waals surface area contributed by atoms with Gasteiger partial charge in [-0.2, -0.15) is 0 Å². The summed E-state index contributed by atoms with van der Waals surface area (Å²) in [5.41, 5.74) is 3.70. The zero-order valence-electron chi connectivity index (χ0n) is 20.8. The lowest BCUT2D eigenvalue weighted by molar-refractivity contribution is -0.385. The Kier molecular flexibility index (Phi) is 7.05. The van der Waals surface area contributed by atoms with Crippen LogP contribution in [0.5, 0.6) is 11.5 Å². The van der Waals surface area contributed by atoms with Crippen molar-refractivity contribution in [1.82, 2.24) is 0 Å². The van der Waals surface area contributed by atoms with Crippen LogP contribution in [-0.2, 0) is 9.59 Å². The van der Waals surface area contributed by atoms with Gasteiger partial charge in [0.05, 0.1) is 16.5 Å². The first-order chi connectivity index (χ1) is 17.1. The third-order valence-corrected chi connectivity index (χ3v) is 6.34. The number of carbonyl (C=O) groups excluding carboxylic acids is 2. The molecule has 0 unspecified atom stereocenters. The Bertz CT molecular complexity index is 1320. The van der Waals surface area contributed by atoms with Gasteiger partial charge in [0.1, 0.15) is 11.5 Å². The molecule has 0 spiro atoms. The number of aryl methyl sites for hydroxylation is 2. The molecule has 0 saturated carbocycles. The summed E-state index contributed by atoms with van der Waals surface area (Å²) >= 11 is 0. The number of nitrogens with one attached hydrogen (secondary N) is 1. The zero-order chi connectivity index (χ0) is 26.0. The second kappa shape index (κ2) is 10.2. The molecule has 0 aliphatic carbocycles. The highest BCUT2D eigenvalue weighted by Gasteiger charge is 2.35. The maximum Gasteiger partial charge on any atom is 0.274 e. The molecule has 1 aliphatic rings. The number of carbonyl (C=O) groups is 2. The Balaban J connectivity index is 1.41. The Morgan fingerprint density at radius 2 is 1.81 bits per heavy atom. The quantitative estimate of drug-likeness (QED) is 0.320. The third kappa shape index (κ3) is 5.38. The van der Waals surface area contributed by atoms with Crippen molar-refractivity contribution in [3.63, 3.8) is 0 Å². The van der Waals surface area contributed by atoms with E-state index in [1.54, 1.807) is 43.3 Å². The van der Waals surface area contributed by atoms with E-state index < -0.39 is 10.8 Å². The summed E-state index contributed by atoms with van der Waals surface area (Å²) in [6, 6.07) is 17.9. The fourth-order valence-electron chi connectivity index (χ4n) is 4.28. The molecule has 1 atom stereocenters. The van der Waals surface area contributed by atoms with Crippen molar-refractivity contribution in [3.8, 4) is 11.5 Å². The molecule has 3 aromatic carbocycles. The summed E-state index contributed by atoms with van der Waals surface area (Å²) in [5.74, 6) is 0.706. The van der Waals surface area contributed by atoms with E-state index in [2.05, 4.69) is 31.3 Å². The number of nitro benzene ring substituents is 1. The number of amides is 2. The van der Waals surface area contributed by atoms with Gasteiger partial charge < -0.3 is 15.0 Å². The molecule has 1 fully saturated rings. The largest absolute Gasteiger partial charge is 0.457 e. The SMILES string of the molecule is Cc1ccc(C(C)C)c(Oc2ccc(NC(=O)[C@H]3CC(=O)N(c4ccc(C)c([N+](=O)[O-])c4)C3)cc2)c1. The Hall–Kier alpha value is -4.20. The summed E-state index contributed by atoms with van der Waals surface area (Å²) in [5, 5.41) is 14.1. The fourth-order valence-corrected chi connectivity index (χ4v) is 4.28. The number of anilines is 2. The van der Waals surface area contributed by atoms with E-state index in [0.29, 0.717) is 28.6 Å². The molecule has 1 aliphatic heterocycles. The van der Waals surface area contributed by atoms with Crippen LogP contribution in [0.2, 0.25) is 0 Å². The Morgan fingerprint density at radius 3 is 2.47 bits per heavy atom. The molecule has 8 nitrogen and oxygen atoms in total. The van der Waals surface area contributed by atoms with Gasteiger partial charge in [0.15, 0.2) is 0 Å². The monoisotopic (exact) mass is 487 g/mol. The van der Waals surface area contributed by atoms with Gasteiger partial charge in [0, 0.05) is 30.3 Å². The number of nitrogens with zero attached hydrogens (tertiary/aromatic N) is 2. The second-order valence-corrected chi connectivity index (χ2v) is 9.44. The van der Waals surface area contributed by atoms with Gasteiger partial charge >= 0.3 is 0 Å². The van der Waals surface area contributed by atoms with Crippen molar-refractivity contribution in [3.05, 3.63) is 87.5 Å². The van der Waals surface area contributed by atoms with Crippen LogP contribution >= 0.6 is 0 Å². The van der Waals surface area contributed by atoms with Crippen molar-refractivity contribution in [2.45, 2.75) is 40.0 Å². The predicted molar refractivity (Wildman–Crippen MR) is 139 cm³/mol. The fraction of sp³-hybridized carbons (Fsp3) is 0.286. The number of ether oxygens (including phenoxy) is 1. The van der Waals surface area contributed by atoms with Crippen LogP contribution < -0.4 is 15.0 Å². The smallest absolute Gasteiger partial charge is 0.274 e. The molecular weight excluding hydrogens is 458 g/mol. The molecule has 1 N–H and O–H groups in total. The van der Waals surface area contributed by atoms with Crippen LogP contribution in [0.4, 0.5) is 17.1 Å². The number of nitro groups is 1. The van der Waals surface area contributed by atoms with Crippen LogP contribution in [0.15, 0.2) is 60.7 Å². The lowest BCUT2D eigenvalue weighted by Crippen LogP contribution is -2.28. The molecule has 2 amide bonds. The molecular formula is C28H29N3O5. The molecule has 8 heteroatoms. The van der Waals surface area contributed by atoms with Crippen molar-refractivity contribution >= 4 is 28.9 Å². The summed E-state index contributed by atoms with van der Waals surface area (Å²) in [6.45, 7) is 8.06. The van der Waals surface area contributed by atoms with Gasteiger partial charge in [-0.25, -0.2) is 0 Å². The van der Waals surface area contributed by atoms with Crippen LogP contribution in [0.1, 0.15) is 42.9 Å². The summed E-state index contributed by atoms with van der Waals surface area (Å²) < 4.78 is 6.11. The van der Waals surface area contributed by atoms with E-state index in [1.807, 2.05) is 13.0 Å². The highest BCUT2D eigenvalue weighted by molar-refractivity contribution is 6.03. The lowest BCUT2D eigenvalue weighted by atomic mass is 10.0. The van der Waals surface area contributed by atoms with Crippen molar-refractivity contribution < 1.29 is 19.2 Å². The van der Waals surface area contributed by atoms with E-state index in [9.17, 15) is 19.7 Å². The topological polar surface area (TPSA) is 102 Å². The molecule has 36 heavy (non-hydrogen) atoms. The highest BCUT2D eigenvalue weighted by atomic mass is 16.6. The van der Waals surface area contributed by atoms with Crippen LogP contribution in [0.25, 0.3) is 0 Å². The van der Waals surface area contributed by atoms with E-state index in [0.717, 1.165) is 16.9 Å². The molecule has 0 bridgehead atoms. The number of benzene rings is 3. The lowest BCUT2D eigenvalue weighted by Gasteiger charge is -2.17. The molecule has 4 rings (SSSR count). The first kappa shape index (κ1) is 24.9. The first-order valence-electron chi connectivity index (χ1n) is 11.9. The number of hydrogen-bond acceptors (Lipinski definition) is 5. The predicted octanol–water partition coefficient (Wildman–Crippen LogP) is 6.12. The number of rotatable bonds is 7. The Labute approximate surface area is 210 Å². The molecule has 1 saturated heterocycles. The van der Waals surface area contributed by atoms with Crippen molar-refractivity contribution in [1.29, 1.82) is 0 Å². The summed E-state index contributed by atoms with van der Waals surface area (Å²) in [7, 11) is 0. The molecule has 186 valence electrons. The first-order valence-corrected chi connectivity index (χ1v) is 11.9. The van der Waals surface area contributed by atoms with Gasteiger partial charge in [-0.1, -0.05) is 32.0 Å². The van der Waals surface area contributed by atoms with E-state index >= 15 is 0 Å². The minimum Gasteiger partial charge on any atom is -0.457 e. The Morgan fingerprint density at radius 1 is 1.08 bits per heavy atom. The van der Waals surface area contributed by atoms with Gasteiger partial charge in [-0.15, -0.1) is 0 Å². The highest BCUT2D eigenvalue weighted by Crippen LogP contribution is 2.33. The maximum absolute atomic E-state index is 12.9. The normalized spacial score (nSPS) is 15.3. The van der Waals surface area contributed by atoms with Crippen molar-refractivity contribution in [2.24, 2.45) is 5.92 Å². The van der Waals surface area contributed by atoms with Gasteiger partial charge in [-0.3, -0.25) is 19.7 Å². The van der Waals surface area contributed by atoms with Crippen LogP contribution in [-0.4, -0.2) is 23.3 Å². The average molecular weight is 488 g/mol. The number of hydrogen-bond donors (Lipinski definition) is 1.